The zero-order valence-corrected chi connectivity index (χ0v) is 17.5. The van der Waals surface area contributed by atoms with Crippen LogP contribution in [0, 0.1) is 12.8 Å². The number of halogens is 1. The Bertz CT molecular complexity index is 863. The Morgan fingerprint density at radius 1 is 1.26 bits per heavy atom. The van der Waals surface area contributed by atoms with Crippen LogP contribution in [-0.2, 0) is 9.59 Å². The van der Waals surface area contributed by atoms with Gasteiger partial charge in [0.25, 0.3) is 0 Å². The Morgan fingerprint density at radius 2 is 2.04 bits per heavy atom. The minimum atomic E-state index is -0.253. The molecule has 2 aliphatic rings. The first-order valence-corrected chi connectivity index (χ1v) is 10.8. The van der Waals surface area contributed by atoms with Crippen molar-refractivity contribution in [3.8, 4) is 0 Å². The van der Waals surface area contributed by atoms with Crippen molar-refractivity contribution in [2.45, 2.75) is 32.1 Å². The molecule has 2 aromatic rings. The molecule has 2 aliphatic heterocycles. The smallest absolute Gasteiger partial charge is 0.228 e. The summed E-state index contributed by atoms with van der Waals surface area (Å²) in [4.78, 5) is 29.0. The Balaban J connectivity index is 1.37. The highest BCUT2D eigenvalue weighted by molar-refractivity contribution is 9.10. The van der Waals surface area contributed by atoms with Gasteiger partial charge >= 0.3 is 0 Å². The van der Waals surface area contributed by atoms with E-state index in [2.05, 4.69) is 26.1 Å². The van der Waals surface area contributed by atoms with E-state index in [1.165, 1.54) is 0 Å². The molecule has 0 aliphatic carbocycles. The van der Waals surface area contributed by atoms with Gasteiger partial charge in [0.05, 0.1) is 5.92 Å². The molecule has 3 heterocycles. The second kappa shape index (κ2) is 7.67. The molecular weight excluding hydrogens is 428 g/mol. The summed E-state index contributed by atoms with van der Waals surface area (Å²) < 4.78 is 0.927. The molecular formula is C19H21BrN4O2S. The lowest BCUT2D eigenvalue weighted by Crippen LogP contribution is -2.42. The van der Waals surface area contributed by atoms with E-state index in [-0.39, 0.29) is 17.7 Å². The van der Waals surface area contributed by atoms with E-state index in [1.54, 1.807) is 16.2 Å². The van der Waals surface area contributed by atoms with Gasteiger partial charge in [-0.05, 0) is 38.0 Å². The van der Waals surface area contributed by atoms with E-state index in [1.807, 2.05) is 36.1 Å². The molecule has 6 nitrogen and oxygen atoms in total. The van der Waals surface area contributed by atoms with Gasteiger partial charge in [0.1, 0.15) is 10.0 Å². The van der Waals surface area contributed by atoms with Crippen LogP contribution >= 0.6 is 27.3 Å². The quantitative estimate of drug-likeness (QED) is 0.721. The highest BCUT2D eigenvalue weighted by Crippen LogP contribution is 2.32. The topological polar surface area (TPSA) is 66.4 Å². The van der Waals surface area contributed by atoms with Crippen LogP contribution in [0.3, 0.4) is 0 Å². The maximum absolute atomic E-state index is 12.9. The highest BCUT2D eigenvalue weighted by Gasteiger charge is 2.38. The van der Waals surface area contributed by atoms with Crippen molar-refractivity contribution in [2.24, 2.45) is 5.92 Å². The molecule has 27 heavy (non-hydrogen) atoms. The molecule has 0 radical (unpaired) electrons. The summed E-state index contributed by atoms with van der Waals surface area (Å²) in [5, 5.41) is 10.4. The first-order valence-electron chi connectivity index (χ1n) is 9.16. The third kappa shape index (κ3) is 3.91. The van der Waals surface area contributed by atoms with Crippen LogP contribution in [0.25, 0.3) is 0 Å². The molecule has 142 valence electrons. The first kappa shape index (κ1) is 18.6. The molecule has 2 saturated heterocycles. The largest absolute Gasteiger partial charge is 0.342 e. The van der Waals surface area contributed by atoms with Crippen molar-refractivity contribution >= 4 is 44.8 Å². The number of carbonyl (C=O) groups excluding carboxylic acids is 2. The summed E-state index contributed by atoms with van der Waals surface area (Å²) in [5.74, 6) is 0.263. The van der Waals surface area contributed by atoms with Gasteiger partial charge in [-0.1, -0.05) is 22.0 Å². The van der Waals surface area contributed by atoms with Crippen molar-refractivity contribution < 1.29 is 9.59 Å². The van der Waals surface area contributed by atoms with Gasteiger partial charge in [0.2, 0.25) is 11.8 Å². The molecule has 0 bridgehead atoms. The number of likely N-dealkylation sites (tertiary alicyclic amines) is 1. The fourth-order valence-corrected chi connectivity index (χ4v) is 5.10. The molecule has 1 aromatic carbocycles. The Kier molecular flexibility index (Phi) is 5.27. The molecule has 2 amide bonds. The van der Waals surface area contributed by atoms with E-state index in [4.69, 9.17) is 0 Å². The van der Waals surface area contributed by atoms with E-state index < -0.39 is 0 Å². The molecule has 1 unspecified atom stereocenters. The van der Waals surface area contributed by atoms with Gasteiger partial charge in [-0.15, -0.1) is 21.5 Å². The lowest BCUT2D eigenvalue weighted by Gasteiger charge is -2.32. The number of aromatic nitrogens is 2. The third-order valence-electron chi connectivity index (χ3n) is 5.29. The number of rotatable bonds is 3. The predicted octanol–water partition coefficient (Wildman–Crippen LogP) is 3.37. The SMILES string of the molecule is Cc1nnc(C2CCN(C(=O)C3CC(=O)N(c4cccc(Br)c4)C3)CC2)s1. The minimum absolute atomic E-state index is 0.0191. The van der Waals surface area contributed by atoms with Crippen LogP contribution in [0.4, 0.5) is 5.69 Å². The Morgan fingerprint density at radius 3 is 2.70 bits per heavy atom. The highest BCUT2D eigenvalue weighted by atomic mass is 79.9. The standard InChI is InChI=1S/C19H21BrN4O2S/c1-12-21-22-18(27-12)13-5-7-23(8-6-13)19(26)14-9-17(25)24(11-14)16-4-2-3-15(20)10-16/h2-4,10,13-14H,5-9,11H2,1H3. The molecule has 1 atom stereocenters. The van der Waals surface area contributed by atoms with Crippen LogP contribution in [0.15, 0.2) is 28.7 Å². The van der Waals surface area contributed by atoms with Crippen molar-refractivity contribution in [3.63, 3.8) is 0 Å². The number of nitrogens with zero attached hydrogens (tertiary/aromatic N) is 4. The van der Waals surface area contributed by atoms with E-state index >= 15 is 0 Å². The number of anilines is 1. The lowest BCUT2D eigenvalue weighted by molar-refractivity contribution is -0.136. The minimum Gasteiger partial charge on any atom is -0.342 e. The number of aryl methyl sites for hydroxylation is 1. The summed E-state index contributed by atoms with van der Waals surface area (Å²) >= 11 is 5.09. The fraction of sp³-hybridized carbons (Fsp3) is 0.474. The van der Waals surface area contributed by atoms with Gasteiger partial charge in [0, 0.05) is 42.1 Å². The van der Waals surface area contributed by atoms with Gasteiger partial charge < -0.3 is 9.80 Å². The summed E-state index contributed by atoms with van der Waals surface area (Å²) in [6.07, 6.45) is 2.12. The third-order valence-corrected chi connectivity index (χ3v) is 6.79. The molecule has 4 rings (SSSR count). The number of amides is 2. The summed E-state index contributed by atoms with van der Waals surface area (Å²) in [5.41, 5.74) is 0.843. The van der Waals surface area contributed by atoms with Crippen molar-refractivity contribution in [3.05, 3.63) is 38.8 Å². The number of carbonyl (C=O) groups is 2. The normalized spacial score (nSPS) is 21.1. The summed E-state index contributed by atoms with van der Waals surface area (Å²) in [6, 6.07) is 7.66. The molecule has 2 fully saturated rings. The lowest BCUT2D eigenvalue weighted by atomic mass is 9.96. The average Bonchev–Trinajstić information content (AvgIpc) is 3.27. The van der Waals surface area contributed by atoms with Crippen molar-refractivity contribution in [2.75, 3.05) is 24.5 Å². The van der Waals surface area contributed by atoms with Gasteiger partial charge in [-0.25, -0.2) is 0 Å². The van der Waals surface area contributed by atoms with Gasteiger partial charge in [-0.2, -0.15) is 0 Å². The molecule has 0 N–H and O–H groups in total. The van der Waals surface area contributed by atoms with E-state index in [0.29, 0.717) is 18.9 Å². The van der Waals surface area contributed by atoms with Crippen LogP contribution in [0.5, 0.6) is 0 Å². The molecule has 0 spiro atoms. The number of hydrogen-bond acceptors (Lipinski definition) is 5. The first-order chi connectivity index (χ1) is 13.0. The predicted molar refractivity (Wildman–Crippen MR) is 108 cm³/mol. The summed E-state index contributed by atoms with van der Waals surface area (Å²) in [7, 11) is 0. The van der Waals surface area contributed by atoms with Gasteiger partial charge in [-0.3, -0.25) is 9.59 Å². The zero-order chi connectivity index (χ0) is 19.0. The van der Waals surface area contributed by atoms with E-state index in [0.717, 1.165) is 46.1 Å². The maximum atomic E-state index is 12.9. The second-order valence-corrected chi connectivity index (χ2v) is 9.27. The van der Waals surface area contributed by atoms with E-state index in [9.17, 15) is 9.59 Å². The Labute approximate surface area is 170 Å². The van der Waals surface area contributed by atoms with Crippen LogP contribution < -0.4 is 4.90 Å². The number of benzene rings is 1. The number of hydrogen-bond donors (Lipinski definition) is 0. The Hall–Kier alpha value is -1.80. The summed E-state index contributed by atoms with van der Waals surface area (Å²) in [6.45, 7) is 3.88. The van der Waals surface area contributed by atoms with Crippen LogP contribution in [-0.4, -0.2) is 46.5 Å². The second-order valence-electron chi connectivity index (χ2n) is 7.14. The monoisotopic (exact) mass is 448 g/mol. The van der Waals surface area contributed by atoms with Crippen LogP contribution in [0.2, 0.25) is 0 Å². The molecule has 8 heteroatoms. The fourth-order valence-electron chi connectivity index (χ4n) is 3.85. The molecule has 0 saturated carbocycles. The number of piperidine rings is 1. The average molecular weight is 449 g/mol. The van der Waals surface area contributed by atoms with Crippen molar-refractivity contribution in [1.82, 2.24) is 15.1 Å². The molecule has 1 aromatic heterocycles. The van der Waals surface area contributed by atoms with Gasteiger partial charge in [0.15, 0.2) is 0 Å². The van der Waals surface area contributed by atoms with Crippen LogP contribution in [0.1, 0.15) is 35.2 Å². The van der Waals surface area contributed by atoms with Crippen molar-refractivity contribution in [1.29, 1.82) is 0 Å². The maximum Gasteiger partial charge on any atom is 0.228 e. The zero-order valence-electron chi connectivity index (χ0n) is 15.1.